The van der Waals surface area contributed by atoms with Crippen LogP contribution in [0.4, 0.5) is 8.78 Å². The molecule has 0 unspecified atom stereocenters. The van der Waals surface area contributed by atoms with Crippen LogP contribution in [-0.2, 0) is 6.42 Å². The van der Waals surface area contributed by atoms with Crippen molar-refractivity contribution in [1.29, 1.82) is 0 Å². The predicted octanol–water partition coefficient (Wildman–Crippen LogP) is 2.91. The number of benzene rings is 1. The first-order valence-corrected chi connectivity index (χ1v) is 5.54. The maximum Gasteiger partial charge on any atom is 0.126 e. The average Bonchev–Trinajstić information content (AvgIpc) is 2.14. The van der Waals surface area contributed by atoms with Crippen LogP contribution in [0, 0.1) is 17.0 Å². The number of rotatable bonds is 3. The maximum absolute atomic E-state index is 12.9. The van der Waals surface area contributed by atoms with Gasteiger partial charge in [-0.3, -0.25) is 4.99 Å². The fraction of sp³-hybridized carbons (Fsp3) is 0.462. The summed E-state index contributed by atoms with van der Waals surface area (Å²) in [6.07, 6.45) is 0.478. The topological polar surface area (TPSA) is 38.4 Å². The molecule has 1 aromatic carbocycles. The number of hydrogen-bond donors (Lipinski definition) is 1. The third kappa shape index (κ3) is 4.51. The molecule has 4 heteroatoms. The quantitative estimate of drug-likeness (QED) is 0.640. The monoisotopic (exact) mass is 240 g/mol. The molecule has 0 radical (unpaired) electrons. The van der Waals surface area contributed by atoms with Gasteiger partial charge in [-0.05, 0) is 24.1 Å². The summed E-state index contributed by atoms with van der Waals surface area (Å²) >= 11 is 0. The molecule has 0 heterocycles. The van der Waals surface area contributed by atoms with E-state index in [-0.39, 0.29) is 5.41 Å². The first-order valence-electron chi connectivity index (χ1n) is 5.54. The maximum atomic E-state index is 12.9. The van der Waals surface area contributed by atoms with E-state index in [9.17, 15) is 8.78 Å². The lowest BCUT2D eigenvalue weighted by Gasteiger charge is -2.17. The lowest BCUT2D eigenvalue weighted by atomic mass is 9.95. The van der Waals surface area contributed by atoms with Crippen molar-refractivity contribution in [2.45, 2.75) is 27.2 Å². The highest BCUT2D eigenvalue weighted by Gasteiger charge is 2.14. The number of nitrogens with zero attached hydrogens (tertiary/aromatic N) is 1. The third-order valence-corrected chi connectivity index (χ3v) is 2.37. The summed E-state index contributed by atoms with van der Waals surface area (Å²) < 4.78 is 25.8. The van der Waals surface area contributed by atoms with Crippen LogP contribution in [0.3, 0.4) is 0 Å². The van der Waals surface area contributed by atoms with Crippen molar-refractivity contribution in [3.05, 3.63) is 35.4 Å². The average molecular weight is 240 g/mol. The molecule has 0 fully saturated rings. The van der Waals surface area contributed by atoms with Gasteiger partial charge in [0.25, 0.3) is 0 Å². The number of halogens is 2. The van der Waals surface area contributed by atoms with Gasteiger partial charge in [-0.1, -0.05) is 20.8 Å². The summed E-state index contributed by atoms with van der Waals surface area (Å²) in [7, 11) is 0. The minimum absolute atomic E-state index is 0.173. The standard InChI is InChI=1S/C13H18F2N2/c1-13(2,3)12(16)17-5-4-9-6-10(14)8-11(15)7-9/h6-8H,4-5H2,1-3H3,(H2,16,17). The smallest absolute Gasteiger partial charge is 0.126 e. The summed E-state index contributed by atoms with van der Waals surface area (Å²) in [5.74, 6) is -0.574. The van der Waals surface area contributed by atoms with E-state index in [0.29, 0.717) is 24.4 Å². The molecule has 17 heavy (non-hydrogen) atoms. The predicted molar refractivity (Wildman–Crippen MR) is 66.0 cm³/mol. The molecule has 1 aromatic rings. The van der Waals surface area contributed by atoms with Crippen LogP contribution in [0.25, 0.3) is 0 Å². The van der Waals surface area contributed by atoms with Crippen LogP contribution in [-0.4, -0.2) is 12.4 Å². The van der Waals surface area contributed by atoms with Gasteiger partial charge in [-0.15, -0.1) is 0 Å². The van der Waals surface area contributed by atoms with Crippen molar-refractivity contribution in [2.75, 3.05) is 6.54 Å². The summed E-state index contributed by atoms with van der Waals surface area (Å²) in [5.41, 5.74) is 6.19. The molecule has 0 spiro atoms. The van der Waals surface area contributed by atoms with Gasteiger partial charge in [0.05, 0.1) is 5.84 Å². The Morgan fingerprint density at radius 2 is 1.71 bits per heavy atom. The van der Waals surface area contributed by atoms with E-state index in [1.165, 1.54) is 12.1 Å². The van der Waals surface area contributed by atoms with Crippen molar-refractivity contribution < 1.29 is 8.78 Å². The highest BCUT2D eigenvalue weighted by molar-refractivity contribution is 5.85. The Balaban J connectivity index is 2.63. The van der Waals surface area contributed by atoms with Crippen LogP contribution in [0.1, 0.15) is 26.3 Å². The van der Waals surface area contributed by atoms with Crippen LogP contribution in [0.15, 0.2) is 23.2 Å². The molecule has 0 bridgehead atoms. The van der Waals surface area contributed by atoms with Crippen molar-refractivity contribution >= 4 is 5.84 Å². The molecular formula is C13H18F2N2. The zero-order chi connectivity index (χ0) is 13.1. The molecule has 0 aromatic heterocycles. The van der Waals surface area contributed by atoms with Gasteiger partial charge in [0.15, 0.2) is 0 Å². The van der Waals surface area contributed by atoms with E-state index in [1.807, 2.05) is 20.8 Å². The lowest BCUT2D eigenvalue weighted by Crippen LogP contribution is -2.29. The van der Waals surface area contributed by atoms with Crippen LogP contribution >= 0.6 is 0 Å². The first-order chi connectivity index (χ1) is 7.79. The molecule has 1 rings (SSSR count). The second-order valence-electron chi connectivity index (χ2n) is 5.04. The number of nitrogens with two attached hydrogens (primary N) is 1. The van der Waals surface area contributed by atoms with Crippen LogP contribution < -0.4 is 5.73 Å². The highest BCUT2D eigenvalue weighted by atomic mass is 19.1. The summed E-state index contributed by atoms with van der Waals surface area (Å²) in [5, 5.41) is 0. The van der Waals surface area contributed by atoms with E-state index in [4.69, 9.17) is 5.73 Å². The van der Waals surface area contributed by atoms with E-state index in [2.05, 4.69) is 4.99 Å². The minimum atomic E-state index is -0.562. The molecule has 0 amide bonds. The van der Waals surface area contributed by atoms with Crippen LogP contribution in [0.2, 0.25) is 0 Å². The molecule has 0 aliphatic carbocycles. The first kappa shape index (κ1) is 13.6. The molecule has 2 nitrogen and oxygen atoms in total. The van der Waals surface area contributed by atoms with Gasteiger partial charge in [0, 0.05) is 18.0 Å². The summed E-state index contributed by atoms with van der Waals surface area (Å²) in [6, 6.07) is 3.48. The largest absolute Gasteiger partial charge is 0.387 e. The zero-order valence-corrected chi connectivity index (χ0v) is 10.4. The fourth-order valence-electron chi connectivity index (χ4n) is 1.30. The molecule has 0 atom stereocenters. The second-order valence-corrected chi connectivity index (χ2v) is 5.04. The van der Waals surface area contributed by atoms with Gasteiger partial charge >= 0.3 is 0 Å². The number of amidine groups is 1. The molecule has 94 valence electrons. The summed E-state index contributed by atoms with van der Waals surface area (Å²) in [6.45, 7) is 6.33. The molecule has 2 N–H and O–H groups in total. The van der Waals surface area contributed by atoms with E-state index in [1.54, 1.807) is 0 Å². The Morgan fingerprint density at radius 3 is 2.18 bits per heavy atom. The van der Waals surface area contributed by atoms with Crippen LogP contribution in [0.5, 0.6) is 0 Å². The molecule has 0 saturated carbocycles. The van der Waals surface area contributed by atoms with Gasteiger partial charge in [-0.2, -0.15) is 0 Å². The molecule has 0 aliphatic heterocycles. The van der Waals surface area contributed by atoms with Gasteiger partial charge in [-0.25, -0.2) is 8.78 Å². The molecule has 0 saturated heterocycles. The Morgan fingerprint density at radius 1 is 1.18 bits per heavy atom. The Labute approximate surface area is 101 Å². The molecular weight excluding hydrogens is 222 g/mol. The number of aliphatic imine (C=N–C) groups is 1. The Hall–Kier alpha value is -1.45. The number of hydrogen-bond acceptors (Lipinski definition) is 1. The van der Waals surface area contributed by atoms with E-state index in [0.717, 1.165) is 6.07 Å². The van der Waals surface area contributed by atoms with Gasteiger partial charge in [0.1, 0.15) is 11.6 Å². The highest BCUT2D eigenvalue weighted by Crippen LogP contribution is 2.13. The van der Waals surface area contributed by atoms with Gasteiger partial charge < -0.3 is 5.73 Å². The third-order valence-electron chi connectivity index (χ3n) is 2.37. The van der Waals surface area contributed by atoms with Crippen molar-refractivity contribution in [1.82, 2.24) is 0 Å². The van der Waals surface area contributed by atoms with Crippen molar-refractivity contribution in [3.63, 3.8) is 0 Å². The zero-order valence-electron chi connectivity index (χ0n) is 10.4. The van der Waals surface area contributed by atoms with Crippen molar-refractivity contribution in [2.24, 2.45) is 16.1 Å². The van der Waals surface area contributed by atoms with E-state index >= 15 is 0 Å². The fourth-order valence-corrected chi connectivity index (χ4v) is 1.30. The van der Waals surface area contributed by atoms with E-state index < -0.39 is 11.6 Å². The SMILES string of the molecule is CC(C)(C)C(N)=NCCc1cc(F)cc(F)c1. The minimum Gasteiger partial charge on any atom is -0.387 e. The lowest BCUT2D eigenvalue weighted by molar-refractivity contribution is 0.576. The summed E-state index contributed by atoms with van der Waals surface area (Å²) in [4.78, 5) is 4.20. The van der Waals surface area contributed by atoms with Gasteiger partial charge in [0.2, 0.25) is 0 Å². The Kier molecular flexibility index (Phi) is 4.21. The Bertz CT molecular complexity index is 400. The van der Waals surface area contributed by atoms with Crippen molar-refractivity contribution in [3.8, 4) is 0 Å². The normalized spacial score (nSPS) is 12.9. The molecule has 0 aliphatic rings. The second kappa shape index (κ2) is 5.25.